The molecule has 6 heteroatoms. The topological polar surface area (TPSA) is 75.7 Å². The minimum atomic E-state index is -0.320. The van der Waals surface area contributed by atoms with Crippen molar-refractivity contribution in [2.75, 3.05) is 5.32 Å². The number of fused-ring (bicyclic) bond motifs is 1. The Kier molecular flexibility index (Phi) is 5.54. The maximum atomic E-state index is 12.7. The molecular formula is C25H22N2O4. The van der Waals surface area contributed by atoms with Gasteiger partial charge in [-0.2, -0.15) is 0 Å². The Morgan fingerprint density at radius 2 is 1.55 bits per heavy atom. The highest BCUT2D eigenvalue weighted by Gasteiger charge is 2.34. The smallest absolute Gasteiger partial charge is 0.261 e. The number of imide groups is 1. The number of rotatable bonds is 6. The number of benzene rings is 3. The predicted molar refractivity (Wildman–Crippen MR) is 117 cm³/mol. The highest BCUT2D eigenvalue weighted by atomic mass is 16.5. The lowest BCUT2D eigenvalue weighted by Crippen LogP contribution is -2.29. The van der Waals surface area contributed by atoms with Gasteiger partial charge in [0.25, 0.3) is 17.7 Å². The minimum Gasteiger partial charge on any atom is -0.491 e. The molecule has 4 rings (SSSR count). The zero-order valence-corrected chi connectivity index (χ0v) is 17.3. The Morgan fingerprint density at radius 3 is 2.16 bits per heavy atom. The number of amides is 3. The SMILES string of the molecule is CC(C)Oc1ccc(NC(=O)c2cccc(CN3C(=O)c4ccccc4C3=O)c2)cc1. The van der Waals surface area contributed by atoms with E-state index in [0.29, 0.717) is 27.9 Å². The molecule has 0 saturated heterocycles. The molecule has 3 aromatic carbocycles. The summed E-state index contributed by atoms with van der Waals surface area (Å²) in [6.45, 7) is 4.00. The van der Waals surface area contributed by atoms with Crippen molar-refractivity contribution >= 4 is 23.4 Å². The zero-order chi connectivity index (χ0) is 22.0. The first-order valence-electron chi connectivity index (χ1n) is 10.0. The van der Waals surface area contributed by atoms with E-state index in [1.165, 1.54) is 4.90 Å². The van der Waals surface area contributed by atoms with Crippen molar-refractivity contribution in [1.29, 1.82) is 0 Å². The largest absolute Gasteiger partial charge is 0.491 e. The second-order valence-corrected chi connectivity index (χ2v) is 7.59. The van der Waals surface area contributed by atoms with Crippen molar-refractivity contribution in [2.24, 2.45) is 0 Å². The molecule has 3 aromatic rings. The van der Waals surface area contributed by atoms with E-state index < -0.39 is 0 Å². The van der Waals surface area contributed by atoms with Gasteiger partial charge in [0, 0.05) is 11.3 Å². The molecule has 6 nitrogen and oxygen atoms in total. The van der Waals surface area contributed by atoms with Gasteiger partial charge in [-0.1, -0.05) is 24.3 Å². The third kappa shape index (κ3) is 4.33. The molecule has 0 atom stereocenters. The lowest BCUT2D eigenvalue weighted by Gasteiger charge is -2.15. The Bertz CT molecular complexity index is 1120. The van der Waals surface area contributed by atoms with Crippen LogP contribution in [0, 0.1) is 0 Å². The third-order valence-electron chi connectivity index (χ3n) is 4.89. The average Bonchev–Trinajstić information content (AvgIpc) is 3.00. The number of nitrogens with one attached hydrogen (secondary N) is 1. The monoisotopic (exact) mass is 414 g/mol. The van der Waals surface area contributed by atoms with E-state index in [1.54, 1.807) is 72.8 Å². The van der Waals surface area contributed by atoms with Crippen LogP contribution in [0.3, 0.4) is 0 Å². The molecule has 156 valence electrons. The van der Waals surface area contributed by atoms with Crippen LogP contribution in [0.5, 0.6) is 5.75 Å². The second kappa shape index (κ2) is 8.44. The summed E-state index contributed by atoms with van der Waals surface area (Å²) in [7, 11) is 0. The number of ether oxygens (including phenoxy) is 1. The summed E-state index contributed by atoms with van der Waals surface area (Å²) in [6.07, 6.45) is 0.0744. The standard InChI is InChI=1S/C25H22N2O4/c1-16(2)31-20-12-10-19(11-13-20)26-23(28)18-7-5-6-17(14-18)15-27-24(29)21-8-3-4-9-22(21)25(27)30/h3-14,16H,15H2,1-2H3,(H,26,28). The van der Waals surface area contributed by atoms with Gasteiger partial charge in [-0.25, -0.2) is 0 Å². The van der Waals surface area contributed by atoms with Crippen molar-refractivity contribution < 1.29 is 19.1 Å². The van der Waals surface area contributed by atoms with Crippen LogP contribution in [0.25, 0.3) is 0 Å². The Hall–Kier alpha value is -3.93. The van der Waals surface area contributed by atoms with E-state index >= 15 is 0 Å². The van der Waals surface area contributed by atoms with Gasteiger partial charge in [0.05, 0.1) is 23.8 Å². The van der Waals surface area contributed by atoms with Crippen molar-refractivity contribution in [3.05, 3.63) is 95.1 Å². The number of hydrogen-bond acceptors (Lipinski definition) is 4. The molecule has 31 heavy (non-hydrogen) atoms. The third-order valence-corrected chi connectivity index (χ3v) is 4.89. The molecule has 0 aliphatic carbocycles. The molecule has 0 unspecified atom stereocenters. The molecule has 0 aromatic heterocycles. The average molecular weight is 414 g/mol. The molecule has 1 aliphatic rings. The van der Waals surface area contributed by atoms with Gasteiger partial charge in [-0.05, 0) is 67.9 Å². The lowest BCUT2D eigenvalue weighted by atomic mass is 10.1. The van der Waals surface area contributed by atoms with E-state index in [2.05, 4.69) is 5.32 Å². The number of carbonyl (C=O) groups is 3. The van der Waals surface area contributed by atoms with Crippen LogP contribution in [0.4, 0.5) is 5.69 Å². The van der Waals surface area contributed by atoms with Crippen LogP contribution in [0.15, 0.2) is 72.8 Å². The summed E-state index contributed by atoms with van der Waals surface area (Å²) in [5.74, 6) is -0.184. The summed E-state index contributed by atoms with van der Waals surface area (Å²) in [6, 6.07) is 20.8. The van der Waals surface area contributed by atoms with Gasteiger partial charge < -0.3 is 10.1 Å². The van der Waals surface area contributed by atoms with Crippen LogP contribution in [-0.4, -0.2) is 28.7 Å². The first-order chi connectivity index (χ1) is 14.9. The Morgan fingerprint density at radius 1 is 0.903 bits per heavy atom. The van der Waals surface area contributed by atoms with E-state index in [0.717, 1.165) is 5.75 Å². The second-order valence-electron chi connectivity index (χ2n) is 7.59. The number of hydrogen-bond donors (Lipinski definition) is 1. The van der Waals surface area contributed by atoms with Crippen LogP contribution in [0.2, 0.25) is 0 Å². The van der Waals surface area contributed by atoms with Crippen molar-refractivity contribution in [3.63, 3.8) is 0 Å². The highest BCUT2D eigenvalue weighted by Crippen LogP contribution is 2.24. The molecule has 0 saturated carbocycles. The minimum absolute atomic E-state index is 0.0744. The van der Waals surface area contributed by atoms with E-state index in [1.807, 2.05) is 13.8 Å². The van der Waals surface area contributed by atoms with E-state index in [9.17, 15) is 14.4 Å². The van der Waals surface area contributed by atoms with Gasteiger partial charge >= 0.3 is 0 Å². The zero-order valence-electron chi connectivity index (χ0n) is 17.3. The first kappa shape index (κ1) is 20.3. The fourth-order valence-electron chi connectivity index (χ4n) is 3.47. The van der Waals surface area contributed by atoms with Crippen LogP contribution in [0.1, 0.15) is 50.5 Å². The van der Waals surface area contributed by atoms with Crippen molar-refractivity contribution in [1.82, 2.24) is 4.90 Å². The normalized spacial score (nSPS) is 12.8. The summed E-state index contributed by atoms with van der Waals surface area (Å²) >= 11 is 0. The van der Waals surface area contributed by atoms with Crippen LogP contribution in [-0.2, 0) is 6.54 Å². The van der Waals surface area contributed by atoms with E-state index in [4.69, 9.17) is 4.74 Å². The number of anilines is 1. The molecule has 1 aliphatic heterocycles. The molecular weight excluding hydrogens is 392 g/mol. The maximum absolute atomic E-state index is 12.7. The molecule has 3 amide bonds. The summed E-state index contributed by atoms with van der Waals surface area (Å²) in [5, 5.41) is 2.85. The summed E-state index contributed by atoms with van der Waals surface area (Å²) in [4.78, 5) is 39.0. The van der Waals surface area contributed by atoms with Crippen LogP contribution < -0.4 is 10.1 Å². The van der Waals surface area contributed by atoms with E-state index in [-0.39, 0.29) is 30.4 Å². The summed E-state index contributed by atoms with van der Waals surface area (Å²) in [5.41, 5.74) is 2.60. The van der Waals surface area contributed by atoms with Gasteiger partial charge in [0.1, 0.15) is 5.75 Å². The summed E-state index contributed by atoms with van der Waals surface area (Å²) < 4.78 is 5.61. The maximum Gasteiger partial charge on any atom is 0.261 e. The predicted octanol–water partition coefficient (Wildman–Crippen LogP) is 4.52. The molecule has 0 radical (unpaired) electrons. The van der Waals surface area contributed by atoms with Gasteiger partial charge in [0.2, 0.25) is 0 Å². The Balaban J connectivity index is 1.45. The van der Waals surface area contributed by atoms with Gasteiger partial charge in [-0.3, -0.25) is 19.3 Å². The molecule has 1 heterocycles. The van der Waals surface area contributed by atoms with Crippen molar-refractivity contribution in [3.8, 4) is 5.75 Å². The lowest BCUT2D eigenvalue weighted by molar-refractivity contribution is 0.0642. The fraction of sp³-hybridized carbons (Fsp3) is 0.160. The van der Waals surface area contributed by atoms with Crippen LogP contribution >= 0.6 is 0 Å². The molecule has 0 spiro atoms. The van der Waals surface area contributed by atoms with Gasteiger partial charge in [0.15, 0.2) is 0 Å². The fourth-order valence-corrected chi connectivity index (χ4v) is 3.47. The van der Waals surface area contributed by atoms with Gasteiger partial charge in [-0.15, -0.1) is 0 Å². The molecule has 1 N–H and O–H groups in total. The van der Waals surface area contributed by atoms with Crippen molar-refractivity contribution in [2.45, 2.75) is 26.5 Å². The molecule has 0 bridgehead atoms. The number of nitrogens with zero attached hydrogens (tertiary/aromatic N) is 1. The quantitative estimate of drug-likeness (QED) is 0.602. The first-order valence-corrected chi connectivity index (χ1v) is 10.0. The highest BCUT2D eigenvalue weighted by molar-refractivity contribution is 6.21. The molecule has 0 fully saturated rings. The number of carbonyl (C=O) groups excluding carboxylic acids is 3. The Labute approximate surface area is 180 Å².